The Hall–Kier alpha value is -3.35. The molecule has 2 rings (SSSR count). The first-order valence-electron chi connectivity index (χ1n) is 29.5. The summed E-state index contributed by atoms with van der Waals surface area (Å²) in [5.41, 5.74) is 0. The highest BCUT2D eigenvalue weighted by atomic mass is 16.7. The largest absolute Gasteiger partial charge is 0.457 e. The lowest BCUT2D eigenvalue weighted by Gasteiger charge is -2.42. The van der Waals surface area contributed by atoms with Gasteiger partial charge in [0.25, 0.3) is 0 Å². The lowest BCUT2D eigenvalue weighted by Crippen LogP contribution is -2.61. The molecule has 0 aliphatic carbocycles. The maximum atomic E-state index is 13.1. The number of carbonyl (C=O) groups excluding carboxylic acids is 1. The van der Waals surface area contributed by atoms with E-state index in [0.717, 1.165) is 103 Å². The molecule has 77 heavy (non-hydrogen) atoms. The molecule has 0 radical (unpaired) electrons. The molecule has 14 nitrogen and oxygen atoms in total. The summed E-state index contributed by atoms with van der Waals surface area (Å²) in [5.74, 6) is -0.412. The molecule has 7 N–H and O–H groups in total. The summed E-state index contributed by atoms with van der Waals surface area (Å²) in [5, 5.41) is 72.4. The van der Waals surface area contributed by atoms with E-state index in [1.54, 1.807) is 0 Å². The summed E-state index contributed by atoms with van der Waals surface area (Å²) in [7, 11) is 0. The third kappa shape index (κ3) is 35.1. The van der Waals surface area contributed by atoms with Gasteiger partial charge in [0, 0.05) is 13.0 Å². The van der Waals surface area contributed by atoms with Gasteiger partial charge in [-0.3, -0.25) is 4.79 Å². The number of carbonyl (C=O) groups is 1. The molecular formula is C63H104O14. The first kappa shape index (κ1) is 69.8. The second-order valence-corrected chi connectivity index (χ2v) is 20.1. The van der Waals surface area contributed by atoms with Crippen molar-refractivity contribution in [3.05, 3.63) is 109 Å². The number of allylic oxidation sites excluding steroid dienone is 18. The van der Waals surface area contributed by atoms with E-state index < -0.39 is 86.7 Å². The van der Waals surface area contributed by atoms with Crippen LogP contribution in [0, 0.1) is 0 Å². The van der Waals surface area contributed by atoms with E-state index in [2.05, 4.69) is 123 Å². The molecule has 0 aromatic heterocycles. The van der Waals surface area contributed by atoms with Crippen molar-refractivity contribution in [3.63, 3.8) is 0 Å². The molecule has 0 aromatic carbocycles. The zero-order valence-corrected chi connectivity index (χ0v) is 47.2. The lowest BCUT2D eigenvalue weighted by atomic mass is 9.98. The minimum atomic E-state index is -1.72. The maximum Gasteiger partial charge on any atom is 0.306 e. The molecule has 2 heterocycles. The van der Waals surface area contributed by atoms with Crippen LogP contribution < -0.4 is 0 Å². The van der Waals surface area contributed by atoms with Gasteiger partial charge in [-0.25, -0.2) is 0 Å². The van der Waals surface area contributed by atoms with Gasteiger partial charge in [0.05, 0.1) is 26.4 Å². The van der Waals surface area contributed by atoms with Gasteiger partial charge < -0.3 is 64.2 Å². The van der Waals surface area contributed by atoms with Gasteiger partial charge in [-0.15, -0.1) is 0 Å². The summed E-state index contributed by atoms with van der Waals surface area (Å²) in [6, 6.07) is 0. The zero-order valence-electron chi connectivity index (χ0n) is 47.2. The monoisotopic (exact) mass is 1080 g/mol. The van der Waals surface area contributed by atoms with E-state index in [0.29, 0.717) is 13.0 Å². The Labute approximate surface area is 464 Å². The Balaban J connectivity index is 1.72. The second-order valence-electron chi connectivity index (χ2n) is 20.1. The molecule has 14 heteroatoms. The minimum absolute atomic E-state index is 0.0386. The minimum Gasteiger partial charge on any atom is -0.457 e. The Morgan fingerprint density at radius 2 is 0.805 bits per heavy atom. The highest BCUT2D eigenvalue weighted by Crippen LogP contribution is 2.26. The average Bonchev–Trinajstić information content (AvgIpc) is 3.43. The Morgan fingerprint density at radius 3 is 1.26 bits per heavy atom. The quantitative estimate of drug-likeness (QED) is 0.0172. The number of aliphatic hydroxyl groups excluding tert-OH is 7. The molecule has 0 saturated carbocycles. The van der Waals surface area contributed by atoms with Gasteiger partial charge in [0.2, 0.25) is 0 Å². The van der Waals surface area contributed by atoms with Gasteiger partial charge in [-0.05, 0) is 96.3 Å². The molecule has 2 aliphatic rings. The molecule has 2 aliphatic heterocycles. The van der Waals surface area contributed by atoms with Gasteiger partial charge >= 0.3 is 5.97 Å². The van der Waals surface area contributed by atoms with Crippen LogP contribution in [-0.2, 0) is 33.2 Å². The number of ether oxygens (including phenoxy) is 6. The fourth-order valence-corrected chi connectivity index (χ4v) is 8.60. The van der Waals surface area contributed by atoms with Crippen LogP contribution in [0.3, 0.4) is 0 Å². The van der Waals surface area contributed by atoms with Gasteiger partial charge in [-0.2, -0.15) is 0 Å². The van der Waals surface area contributed by atoms with Crippen LogP contribution in [0.25, 0.3) is 0 Å². The first-order valence-corrected chi connectivity index (χ1v) is 29.5. The van der Waals surface area contributed by atoms with Crippen molar-refractivity contribution in [1.82, 2.24) is 0 Å². The number of rotatable bonds is 46. The summed E-state index contributed by atoms with van der Waals surface area (Å²) < 4.78 is 34.4. The average molecular weight is 1090 g/mol. The zero-order chi connectivity index (χ0) is 55.8. The van der Waals surface area contributed by atoms with E-state index in [1.807, 2.05) is 0 Å². The van der Waals surface area contributed by atoms with E-state index in [-0.39, 0.29) is 19.6 Å². The van der Waals surface area contributed by atoms with Crippen LogP contribution in [0.15, 0.2) is 109 Å². The van der Waals surface area contributed by atoms with Crippen LogP contribution in [0.1, 0.15) is 181 Å². The van der Waals surface area contributed by atoms with Crippen LogP contribution in [0.4, 0.5) is 0 Å². The lowest BCUT2D eigenvalue weighted by molar-refractivity contribution is -0.332. The molecule has 0 spiro atoms. The fraction of sp³-hybridized carbons (Fsp3) is 0.698. The predicted octanol–water partition coefficient (Wildman–Crippen LogP) is 10.7. The highest BCUT2D eigenvalue weighted by Gasteiger charge is 2.47. The molecule has 11 unspecified atom stereocenters. The smallest absolute Gasteiger partial charge is 0.306 e. The van der Waals surface area contributed by atoms with Gasteiger partial charge in [0.1, 0.15) is 54.9 Å². The van der Waals surface area contributed by atoms with Crippen LogP contribution in [0.5, 0.6) is 0 Å². The number of aliphatic hydroxyl groups is 7. The summed E-state index contributed by atoms with van der Waals surface area (Å²) in [6.45, 7) is 3.40. The summed E-state index contributed by atoms with van der Waals surface area (Å²) in [6.07, 6.45) is 50.0. The van der Waals surface area contributed by atoms with E-state index in [1.165, 1.54) is 51.4 Å². The van der Waals surface area contributed by atoms with Crippen LogP contribution >= 0.6 is 0 Å². The maximum absolute atomic E-state index is 13.1. The Bertz CT molecular complexity index is 1690. The molecule has 0 amide bonds. The summed E-state index contributed by atoms with van der Waals surface area (Å²) >= 11 is 0. The van der Waals surface area contributed by atoms with Crippen LogP contribution in [0.2, 0.25) is 0 Å². The fourth-order valence-electron chi connectivity index (χ4n) is 8.60. The molecular weight excluding hydrogens is 981 g/mol. The highest BCUT2D eigenvalue weighted by molar-refractivity contribution is 5.69. The molecule has 2 saturated heterocycles. The van der Waals surface area contributed by atoms with Gasteiger partial charge in [-0.1, -0.05) is 187 Å². The first-order chi connectivity index (χ1) is 37.6. The molecule has 0 aromatic rings. The van der Waals surface area contributed by atoms with Crippen molar-refractivity contribution in [2.24, 2.45) is 0 Å². The number of unbranched alkanes of at least 4 members (excludes halogenated alkanes) is 14. The van der Waals surface area contributed by atoms with Crippen molar-refractivity contribution < 1.29 is 69.0 Å². The van der Waals surface area contributed by atoms with Crippen molar-refractivity contribution in [2.75, 3.05) is 33.0 Å². The molecule has 2 fully saturated rings. The second kappa shape index (κ2) is 48.5. The third-order valence-electron chi connectivity index (χ3n) is 13.3. The van der Waals surface area contributed by atoms with E-state index in [9.17, 15) is 40.5 Å². The van der Waals surface area contributed by atoms with Crippen molar-refractivity contribution in [2.45, 2.75) is 248 Å². The Morgan fingerprint density at radius 1 is 0.429 bits per heavy atom. The van der Waals surface area contributed by atoms with Crippen molar-refractivity contribution in [3.8, 4) is 0 Å². The third-order valence-corrected chi connectivity index (χ3v) is 13.3. The number of hydrogen-bond acceptors (Lipinski definition) is 14. The van der Waals surface area contributed by atoms with E-state index in [4.69, 9.17) is 28.4 Å². The standard InChI is InChI=1S/C63H104O14/c1-3-5-7-9-11-13-15-17-19-21-23-24-25-26-27-29-31-33-35-37-39-41-43-45-47-72-49-52(75-55(65)46-44-42-40-38-36-34-32-30-28-22-20-18-16-14-12-10-8-6-4-2)50-73-62-61(71)59(69)57(67)54(77-62)51-74-63-60(70)58(68)56(66)53(48-64)76-63/h5-8,11-14,17-20,23-24,28,30,34,36,52-54,56-64,66-71H,3-4,9-10,15-16,21-22,25-27,29,31-33,35,37-51H2,1-2H3/b7-5-,8-6-,13-11-,14-12-,19-17-,20-18-,24-23-,30-28-,36-34-. The summed E-state index contributed by atoms with van der Waals surface area (Å²) in [4.78, 5) is 13.1. The normalized spacial score (nSPS) is 25.1. The predicted molar refractivity (Wildman–Crippen MR) is 307 cm³/mol. The molecule has 11 atom stereocenters. The number of hydrogen-bond donors (Lipinski definition) is 7. The van der Waals surface area contributed by atoms with Crippen molar-refractivity contribution >= 4 is 5.97 Å². The van der Waals surface area contributed by atoms with E-state index >= 15 is 0 Å². The molecule has 0 bridgehead atoms. The topological polar surface area (TPSA) is 214 Å². The molecule has 440 valence electrons. The SMILES string of the molecule is CC/C=C\C/C=C\C/C=C\C/C=C\C/C=C\CCCCCC(=O)OC(COCCCCCCCCCCCCC/C=C\C/C=C\C/C=C\C/C=C\CC)COC1OC(COC2OC(CO)C(O)C(O)C2O)C(O)C(O)C1O. The van der Waals surface area contributed by atoms with Crippen LogP contribution in [-0.4, -0.2) is 142 Å². The van der Waals surface area contributed by atoms with Crippen molar-refractivity contribution in [1.29, 1.82) is 0 Å². The number of esters is 1. The Kier molecular flexibility index (Phi) is 44.0. The van der Waals surface area contributed by atoms with Gasteiger partial charge in [0.15, 0.2) is 12.6 Å².